The molecule has 0 aromatic heterocycles. The molecule has 0 aliphatic carbocycles. The number of para-hydroxylation sites is 1. The number of benzene rings is 3. The lowest BCUT2D eigenvalue weighted by atomic mass is 10.2. The first-order valence-electron chi connectivity index (χ1n) is 8.37. The van der Waals surface area contributed by atoms with E-state index < -0.39 is 17.7 Å². The Morgan fingerprint density at radius 1 is 0.714 bits per heavy atom. The van der Waals surface area contributed by atoms with Crippen LogP contribution in [0.1, 0.15) is 10.4 Å². The maximum Gasteiger partial charge on any atom is 0.314 e. The van der Waals surface area contributed by atoms with Crippen molar-refractivity contribution in [3.05, 3.63) is 84.4 Å². The molecule has 0 heterocycles. The summed E-state index contributed by atoms with van der Waals surface area (Å²) >= 11 is 1.49. The lowest BCUT2D eigenvalue weighted by Crippen LogP contribution is -2.29. The summed E-state index contributed by atoms with van der Waals surface area (Å²) in [7, 11) is 0. The molecule has 4 N–H and O–H groups in total. The number of carbonyl (C=O) groups excluding carboxylic acids is 3. The summed E-state index contributed by atoms with van der Waals surface area (Å²) in [6.45, 7) is 0. The van der Waals surface area contributed by atoms with Gasteiger partial charge in [0.15, 0.2) is 0 Å². The molecule has 3 amide bonds. The third kappa shape index (κ3) is 4.99. The second-order valence-electron chi connectivity index (χ2n) is 5.76. The van der Waals surface area contributed by atoms with Crippen LogP contribution >= 0.6 is 11.8 Å². The minimum absolute atomic E-state index is 0.314. The van der Waals surface area contributed by atoms with E-state index in [4.69, 9.17) is 5.73 Å². The van der Waals surface area contributed by atoms with Crippen LogP contribution < -0.4 is 16.4 Å². The molecular weight excluding hydrogens is 374 g/mol. The molecule has 3 aromatic rings. The minimum Gasteiger partial charge on any atom is -0.366 e. The van der Waals surface area contributed by atoms with Gasteiger partial charge in [0.2, 0.25) is 5.91 Å². The molecule has 0 fully saturated rings. The first-order valence-corrected chi connectivity index (χ1v) is 9.19. The Morgan fingerprint density at radius 2 is 1.32 bits per heavy atom. The van der Waals surface area contributed by atoms with Crippen LogP contribution in [-0.2, 0) is 9.59 Å². The molecule has 0 bridgehead atoms. The first-order chi connectivity index (χ1) is 13.5. The Balaban J connectivity index is 1.67. The number of hydrogen-bond acceptors (Lipinski definition) is 4. The Bertz CT molecular complexity index is 1000. The van der Waals surface area contributed by atoms with Crippen LogP contribution in [0.5, 0.6) is 0 Å². The summed E-state index contributed by atoms with van der Waals surface area (Å²) in [5.74, 6) is -2.17. The van der Waals surface area contributed by atoms with E-state index in [-0.39, 0.29) is 0 Å². The number of rotatable bonds is 5. The third-order valence-electron chi connectivity index (χ3n) is 3.74. The fraction of sp³-hybridized carbons (Fsp3) is 0. The van der Waals surface area contributed by atoms with E-state index in [1.54, 1.807) is 12.1 Å². The van der Waals surface area contributed by atoms with Crippen LogP contribution in [0.15, 0.2) is 88.7 Å². The highest BCUT2D eigenvalue weighted by Gasteiger charge is 2.16. The maximum absolute atomic E-state index is 12.3. The average molecular weight is 391 g/mol. The van der Waals surface area contributed by atoms with E-state index in [0.717, 1.165) is 9.79 Å². The fourth-order valence-corrected chi connectivity index (χ4v) is 3.28. The number of anilines is 2. The van der Waals surface area contributed by atoms with Gasteiger partial charge < -0.3 is 16.4 Å². The highest BCUT2D eigenvalue weighted by atomic mass is 32.2. The van der Waals surface area contributed by atoms with Gasteiger partial charge in [-0.1, -0.05) is 42.1 Å². The molecule has 0 radical (unpaired) electrons. The molecule has 0 saturated heterocycles. The summed E-state index contributed by atoms with van der Waals surface area (Å²) in [6.07, 6.45) is 0. The fourth-order valence-electron chi connectivity index (χ4n) is 2.36. The van der Waals surface area contributed by atoms with E-state index in [9.17, 15) is 14.4 Å². The van der Waals surface area contributed by atoms with Crippen LogP contribution in [0.25, 0.3) is 0 Å². The van der Waals surface area contributed by atoms with Crippen LogP contribution in [0, 0.1) is 0 Å². The predicted molar refractivity (Wildman–Crippen MR) is 109 cm³/mol. The number of primary amides is 1. The maximum atomic E-state index is 12.3. The topological polar surface area (TPSA) is 101 Å². The third-order valence-corrected chi connectivity index (χ3v) is 4.82. The highest BCUT2D eigenvalue weighted by molar-refractivity contribution is 7.99. The van der Waals surface area contributed by atoms with Gasteiger partial charge in [-0.15, -0.1) is 0 Å². The second-order valence-corrected chi connectivity index (χ2v) is 6.88. The number of amides is 3. The van der Waals surface area contributed by atoms with E-state index in [1.165, 1.54) is 36.0 Å². The van der Waals surface area contributed by atoms with Gasteiger partial charge >= 0.3 is 11.8 Å². The van der Waals surface area contributed by atoms with Gasteiger partial charge in [0.1, 0.15) is 0 Å². The van der Waals surface area contributed by atoms with Crippen molar-refractivity contribution in [1.82, 2.24) is 0 Å². The summed E-state index contributed by atoms with van der Waals surface area (Å²) in [4.78, 5) is 37.4. The highest BCUT2D eigenvalue weighted by Crippen LogP contribution is 2.33. The van der Waals surface area contributed by atoms with Crippen molar-refractivity contribution in [1.29, 1.82) is 0 Å². The van der Waals surface area contributed by atoms with E-state index in [2.05, 4.69) is 10.6 Å². The Labute approximate surface area is 166 Å². The van der Waals surface area contributed by atoms with Gasteiger partial charge in [-0.05, 0) is 48.5 Å². The quantitative estimate of drug-likeness (QED) is 0.579. The second kappa shape index (κ2) is 8.88. The van der Waals surface area contributed by atoms with Gasteiger partial charge in [0.25, 0.3) is 0 Å². The number of carbonyl (C=O) groups is 3. The Kier molecular flexibility index (Phi) is 6.08. The summed E-state index contributed by atoms with van der Waals surface area (Å²) in [5.41, 5.74) is 6.42. The molecule has 0 atom stereocenters. The van der Waals surface area contributed by atoms with Gasteiger partial charge in [0, 0.05) is 21.0 Å². The smallest absolute Gasteiger partial charge is 0.314 e. The summed E-state index contributed by atoms with van der Waals surface area (Å²) in [6, 6.07) is 22.9. The lowest BCUT2D eigenvalue weighted by molar-refractivity contribution is -0.133. The standard InChI is InChI=1S/C21H17N3O3S/c22-19(25)14-10-12-15(13-11-14)23-20(26)21(27)24-17-8-4-5-9-18(17)28-16-6-2-1-3-7-16/h1-13H,(H2,22,25)(H,23,26)(H,24,27). The van der Waals surface area contributed by atoms with Gasteiger partial charge in [-0.2, -0.15) is 0 Å². The molecule has 0 aliphatic heterocycles. The number of nitrogens with two attached hydrogens (primary N) is 1. The zero-order valence-corrected chi connectivity index (χ0v) is 15.5. The normalized spacial score (nSPS) is 10.1. The molecule has 0 unspecified atom stereocenters. The summed E-state index contributed by atoms with van der Waals surface area (Å²) < 4.78 is 0. The van der Waals surface area contributed by atoms with E-state index in [1.807, 2.05) is 42.5 Å². The number of nitrogens with one attached hydrogen (secondary N) is 2. The van der Waals surface area contributed by atoms with Gasteiger partial charge in [0.05, 0.1) is 5.69 Å². The molecule has 3 rings (SSSR count). The van der Waals surface area contributed by atoms with Gasteiger partial charge in [-0.25, -0.2) is 0 Å². The van der Waals surface area contributed by atoms with Crippen molar-refractivity contribution in [2.75, 3.05) is 10.6 Å². The first kappa shape index (κ1) is 19.2. The monoisotopic (exact) mass is 391 g/mol. The largest absolute Gasteiger partial charge is 0.366 e. The minimum atomic E-state index is -0.814. The average Bonchev–Trinajstić information content (AvgIpc) is 2.70. The summed E-state index contributed by atoms with van der Waals surface area (Å²) in [5, 5.41) is 5.12. The lowest BCUT2D eigenvalue weighted by Gasteiger charge is -2.11. The molecule has 0 spiro atoms. The van der Waals surface area contributed by atoms with Crippen molar-refractivity contribution >= 4 is 40.9 Å². The van der Waals surface area contributed by atoms with Gasteiger partial charge in [-0.3, -0.25) is 14.4 Å². The molecule has 3 aromatic carbocycles. The SMILES string of the molecule is NC(=O)c1ccc(NC(=O)C(=O)Nc2ccccc2Sc2ccccc2)cc1. The van der Waals surface area contributed by atoms with Crippen LogP contribution in [0.3, 0.4) is 0 Å². The molecule has 0 aliphatic rings. The van der Waals surface area contributed by atoms with Crippen molar-refractivity contribution in [3.8, 4) is 0 Å². The van der Waals surface area contributed by atoms with Crippen LogP contribution in [0.4, 0.5) is 11.4 Å². The Morgan fingerprint density at radius 3 is 2.00 bits per heavy atom. The predicted octanol–water partition coefficient (Wildman–Crippen LogP) is 3.51. The van der Waals surface area contributed by atoms with Crippen LogP contribution in [-0.4, -0.2) is 17.7 Å². The van der Waals surface area contributed by atoms with E-state index >= 15 is 0 Å². The zero-order chi connectivity index (χ0) is 19.9. The molecule has 7 heteroatoms. The van der Waals surface area contributed by atoms with E-state index in [0.29, 0.717) is 16.9 Å². The van der Waals surface area contributed by atoms with Crippen molar-refractivity contribution in [2.24, 2.45) is 5.73 Å². The molecule has 140 valence electrons. The molecular formula is C21H17N3O3S. The van der Waals surface area contributed by atoms with Crippen molar-refractivity contribution < 1.29 is 14.4 Å². The van der Waals surface area contributed by atoms with Crippen molar-refractivity contribution in [3.63, 3.8) is 0 Å². The van der Waals surface area contributed by atoms with Crippen molar-refractivity contribution in [2.45, 2.75) is 9.79 Å². The molecule has 6 nitrogen and oxygen atoms in total. The number of hydrogen-bond donors (Lipinski definition) is 3. The molecule has 28 heavy (non-hydrogen) atoms. The van der Waals surface area contributed by atoms with Crippen LogP contribution in [0.2, 0.25) is 0 Å². The zero-order valence-electron chi connectivity index (χ0n) is 14.7. The molecule has 0 saturated carbocycles. The Hall–Kier alpha value is -3.58.